The molecule has 1 aliphatic rings. The summed E-state index contributed by atoms with van der Waals surface area (Å²) in [5.74, 6) is -1.13. The first-order chi connectivity index (χ1) is 8.72. The lowest BCUT2D eigenvalue weighted by molar-refractivity contribution is 0.462. The molecule has 1 aliphatic carbocycles. The third-order valence-corrected chi connectivity index (χ3v) is 4.28. The smallest absolute Gasteiger partial charge is 0.184 e. The Labute approximate surface area is 108 Å². The number of anilines is 1. The second-order valence-electron chi connectivity index (χ2n) is 4.73. The van der Waals surface area contributed by atoms with Crippen LogP contribution in [0.1, 0.15) is 32.1 Å². The molecule has 0 spiro atoms. The first-order valence-electron chi connectivity index (χ1n) is 6.24. The molecular weight excluding hydrogens is 254 g/mol. The number of hydrogen-bond donors (Lipinski definition) is 1. The van der Waals surface area contributed by atoms with Gasteiger partial charge in [0.25, 0.3) is 0 Å². The zero-order valence-electron chi connectivity index (χ0n) is 9.88. The van der Waals surface area contributed by atoms with E-state index in [1.54, 1.807) is 0 Å². The number of fused-ring (bicyclic) bond motifs is 1. The van der Waals surface area contributed by atoms with Gasteiger partial charge in [-0.1, -0.05) is 30.6 Å². The van der Waals surface area contributed by atoms with Crippen LogP contribution in [0.3, 0.4) is 0 Å². The molecule has 2 aromatic rings. The molecule has 0 radical (unpaired) electrons. The predicted octanol–water partition coefficient (Wildman–Crippen LogP) is 4.32. The largest absolute Gasteiger partial charge is 0.359 e. The monoisotopic (exact) mass is 268 g/mol. The molecule has 1 saturated carbocycles. The Morgan fingerprint density at radius 2 is 1.94 bits per heavy atom. The van der Waals surface area contributed by atoms with Crippen LogP contribution in [0.2, 0.25) is 0 Å². The van der Waals surface area contributed by atoms with E-state index in [1.165, 1.54) is 36.7 Å². The van der Waals surface area contributed by atoms with Crippen molar-refractivity contribution in [2.24, 2.45) is 0 Å². The van der Waals surface area contributed by atoms with E-state index in [9.17, 15) is 8.78 Å². The molecule has 5 heteroatoms. The predicted molar refractivity (Wildman–Crippen MR) is 70.0 cm³/mol. The second-order valence-corrected chi connectivity index (χ2v) is 5.76. The molecule has 1 heterocycles. The summed E-state index contributed by atoms with van der Waals surface area (Å²) in [7, 11) is 0. The van der Waals surface area contributed by atoms with E-state index in [2.05, 4.69) is 10.3 Å². The minimum Gasteiger partial charge on any atom is -0.359 e. The average molecular weight is 268 g/mol. The fourth-order valence-electron chi connectivity index (χ4n) is 2.44. The van der Waals surface area contributed by atoms with Gasteiger partial charge in [-0.05, 0) is 18.9 Å². The first kappa shape index (κ1) is 11.8. The average Bonchev–Trinajstić information content (AvgIpc) is 2.73. The lowest BCUT2D eigenvalue weighted by Crippen LogP contribution is -2.21. The van der Waals surface area contributed by atoms with Crippen LogP contribution < -0.4 is 5.32 Å². The summed E-state index contributed by atoms with van der Waals surface area (Å²) in [4.78, 5) is 4.21. The Morgan fingerprint density at radius 3 is 2.72 bits per heavy atom. The van der Waals surface area contributed by atoms with Crippen LogP contribution >= 0.6 is 11.3 Å². The van der Waals surface area contributed by atoms with Gasteiger partial charge in [-0.15, -0.1) is 0 Å². The maximum Gasteiger partial charge on any atom is 0.184 e. The molecule has 0 atom stereocenters. The van der Waals surface area contributed by atoms with Crippen LogP contribution in [0.5, 0.6) is 0 Å². The molecular formula is C13H14F2N2S. The Hall–Kier alpha value is -1.23. The lowest BCUT2D eigenvalue weighted by atomic mass is 9.96. The number of nitrogens with zero attached hydrogens (tertiary/aromatic N) is 1. The zero-order chi connectivity index (χ0) is 12.5. The van der Waals surface area contributed by atoms with Crippen molar-refractivity contribution in [1.29, 1.82) is 0 Å². The first-order valence-corrected chi connectivity index (χ1v) is 7.06. The Balaban J connectivity index is 1.86. The van der Waals surface area contributed by atoms with Gasteiger partial charge in [-0.2, -0.15) is 0 Å². The molecule has 1 aromatic carbocycles. The van der Waals surface area contributed by atoms with Crippen LogP contribution in [-0.2, 0) is 0 Å². The summed E-state index contributed by atoms with van der Waals surface area (Å²) in [6.07, 6.45) is 6.01. The fraction of sp³-hybridized carbons (Fsp3) is 0.462. The maximum atomic E-state index is 13.5. The summed E-state index contributed by atoms with van der Waals surface area (Å²) < 4.78 is 27.2. The normalized spacial score (nSPS) is 17.2. The highest BCUT2D eigenvalue weighted by Crippen LogP contribution is 2.30. The second kappa shape index (κ2) is 4.80. The number of rotatable bonds is 2. The number of halogens is 2. The van der Waals surface area contributed by atoms with Gasteiger partial charge in [0.05, 0.1) is 4.70 Å². The summed E-state index contributed by atoms with van der Waals surface area (Å²) in [5, 5.41) is 4.03. The van der Waals surface area contributed by atoms with E-state index in [4.69, 9.17) is 0 Å². The molecule has 1 N–H and O–H groups in total. The fourth-order valence-corrected chi connectivity index (χ4v) is 3.42. The number of thiazole rings is 1. The maximum absolute atomic E-state index is 13.5. The van der Waals surface area contributed by atoms with Crippen LogP contribution in [-0.4, -0.2) is 11.0 Å². The summed E-state index contributed by atoms with van der Waals surface area (Å²) >= 11 is 1.32. The molecule has 18 heavy (non-hydrogen) atoms. The molecule has 0 bridgehead atoms. The minimum atomic E-state index is -0.585. The SMILES string of the molecule is Fc1cc(F)c2nc(NC3CCCCC3)sc2c1. The van der Waals surface area contributed by atoms with Crippen LogP contribution in [0.4, 0.5) is 13.9 Å². The van der Waals surface area contributed by atoms with Crippen molar-refractivity contribution < 1.29 is 8.78 Å². The van der Waals surface area contributed by atoms with Gasteiger partial charge < -0.3 is 5.32 Å². The number of hydrogen-bond acceptors (Lipinski definition) is 3. The summed E-state index contributed by atoms with van der Waals surface area (Å²) in [6, 6.07) is 2.64. The quantitative estimate of drug-likeness (QED) is 0.877. The zero-order valence-corrected chi connectivity index (χ0v) is 10.7. The highest BCUT2D eigenvalue weighted by Gasteiger charge is 2.16. The molecule has 96 valence electrons. The molecule has 2 nitrogen and oxygen atoms in total. The molecule has 0 unspecified atom stereocenters. The van der Waals surface area contributed by atoms with E-state index in [0.717, 1.165) is 18.9 Å². The summed E-state index contributed by atoms with van der Waals surface area (Å²) in [6.45, 7) is 0. The minimum absolute atomic E-state index is 0.264. The van der Waals surface area contributed by atoms with Crippen molar-refractivity contribution >= 4 is 26.7 Å². The Bertz CT molecular complexity index is 561. The highest BCUT2D eigenvalue weighted by molar-refractivity contribution is 7.22. The van der Waals surface area contributed by atoms with Crippen molar-refractivity contribution in [3.63, 3.8) is 0 Å². The molecule has 1 aromatic heterocycles. The van der Waals surface area contributed by atoms with Gasteiger partial charge in [-0.3, -0.25) is 0 Å². The number of aromatic nitrogens is 1. The molecule has 0 amide bonds. The van der Waals surface area contributed by atoms with E-state index in [1.807, 2.05) is 0 Å². The van der Waals surface area contributed by atoms with Crippen molar-refractivity contribution in [2.45, 2.75) is 38.1 Å². The van der Waals surface area contributed by atoms with Gasteiger partial charge in [-0.25, -0.2) is 13.8 Å². The Morgan fingerprint density at radius 1 is 1.17 bits per heavy atom. The Kier molecular flexibility index (Phi) is 3.16. The molecule has 0 aliphatic heterocycles. The van der Waals surface area contributed by atoms with Gasteiger partial charge in [0, 0.05) is 12.1 Å². The summed E-state index contributed by atoms with van der Waals surface area (Å²) in [5.41, 5.74) is 0.264. The van der Waals surface area contributed by atoms with Gasteiger partial charge in [0.2, 0.25) is 0 Å². The van der Waals surface area contributed by atoms with Gasteiger partial charge >= 0.3 is 0 Å². The number of benzene rings is 1. The van der Waals surface area contributed by atoms with Crippen LogP contribution in [0.25, 0.3) is 10.2 Å². The third kappa shape index (κ3) is 2.32. The topological polar surface area (TPSA) is 24.9 Å². The van der Waals surface area contributed by atoms with Crippen molar-refractivity contribution in [3.8, 4) is 0 Å². The number of nitrogens with one attached hydrogen (secondary N) is 1. The van der Waals surface area contributed by atoms with Gasteiger partial charge in [0.1, 0.15) is 11.3 Å². The van der Waals surface area contributed by atoms with E-state index >= 15 is 0 Å². The van der Waals surface area contributed by atoms with Gasteiger partial charge in [0.15, 0.2) is 10.9 Å². The van der Waals surface area contributed by atoms with Crippen LogP contribution in [0.15, 0.2) is 12.1 Å². The third-order valence-electron chi connectivity index (χ3n) is 3.35. The molecule has 0 saturated heterocycles. The standard InChI is InChI=1S/C13H14F2N2S/c14-8-6-10(15)12-11(7-8)18-13(17-12)16-9-4-2-1-3-5-9/h6-7,9H,1-5H2,(H,16,17). The molecule has 3 rings (SSSR count). The van der Waals surface area contributed by atoms with Crippen LogP contribution in [0, 0.1) is 11.6 Å². The molecule has 1 fully saturated rings. The van der Waals surface area contributed by atoms with E-state index < -0.39 is 11.6 Å². The van der Waals surface area contributed by atoms with Crippen molar-refractivity contribution in [1.82, 2.24) is 4.98 Å². The van der Waals surface area contributed by atoms with Crippen molar-refractivity contribution in [3.05, 3.63) is 23.8 Å². The van der Waals surface area contributed by atoms with Crippen molar-refractivity contribution in [2.75, 3.05) is 5.32 Å². The highest BCUT2D eigenvalue weighted by atomic mass is 32.1. The van der Waals surface area contributed by atoms with E-state index in [-0.39, 0.29) is 5.52 Å². The van der Waals surface area contributed by atoms with E-state index in [0.29, 0.717) is 15.9 Å². The lowest BCUT2D eigenvalue weighted by Gasteiger charge is -2.22.